The van der Waals surface area contributed by atoms with Crippen molar-refractivity contribution in [2.75, 3.05) is 7.11 Å². The minimum absolute atomic E-state index is 0.196. The number of hydrogen-bond donors (Lipinski definition) is 1. The molecule has 0 amide bonds. The van der Waals surface area contributed by atoms with Crippen molar-refractivity contribution in [3.63, 3.8) is 0 Å². The lowest BCUT2D eigenvalue weighted by molar-refractivity contribution is 0.0685. The molecule has 1 aliphatic heterocycles. The van der Waals surface area contributed by atoms with Gasteiger partial charge in [0.25, 0.3) is 0 Å². The molecule has 0 aliphatic carbocycles. The minimum Gasteiger partial charge on any atom is -0.497 e. The fourth-order valence-electron chi connectivity index (χ4n) is 3.46. The maximum absolute atomic E-state index is 13.1. The molecular weight excluding hydrogens is 338 g/mol. The lowest BCUT2D eigenvalue weighted by Crippen LogP contribution is -2.52. The minimum atomic E-state index is -3.65. The Morgan fingerprint density at radius 1 is 1.12 bits per heavy atom. The van der Waals surface area contributed by atoms with Crippen LogP contribution < -0.4 is 4.74 Å². The normalized spacial score (nSPS) is 22.6. The van der Waals surface area contributed by atoms with E-state index in [2.05, 4.69) is 0 Å². The van der Waals surface area contributed by atoms with Gasteiger partial charge in [-0.05, 0) is 44.0 Å². The number of methoxy groups -OCH3 is 1. The molecule has 0 fully saturated rings. The predicted octanol–water partition coefficient (Wildman–Crippen LogP) is 2.75. The van der Waals surface area contributed by atoms with Crippen LogP contribution in [-0.4, -0.2) is 37.0 Å². The molecule has 134 valence electrons. The summed E-state index contributed by atoms with van der Waals surface area (Å²) < 4.78 is 32.8. The monoisotopic (exact) mass is 361 g/mol. The van der Waals surface area contributed by atoms with Gasteiger partial charge in [0.2, 0.25) is 10.0 Å². The van der Waals surface area contributed by atoms with Gasteiger partial charge in [0.15, 0.2) is 0 Å². The topological polar surface area (TPSA) is 66.8 Å². The molecule has 2 atom stereocenters. The number of fused-ring (bicyclic) bond motifs is 1. The number of aliphatic hydroxyl groups excluding tert-OH is 1. The first-order valence-corrected chi connectivity index (χ1v) is 9.73. The van der Waals surface area contributed by atoms with E-state index in [4.69, 9.17) is 4.74 Å². The van der Waals surface area contributed by atoms with Gasteiger partial charge in [-0.25, -0.2) is 8.42 Å². The summed E-state index contributed by atoms with van der Waals surface area (Å²) in [5.41, 5.74) is 1.42. The summed E-state index contributed by atoms with van der Waals surface area (Å²) in [5.74, 6) is 0.742. The van der Waals surface area contributed by atoms with Gasteiger partial charge in [-0.15, -0.1) is 0 Å². The van der Waals surface area contributed by atoms with Gasteiger partial charge in [0.1, 0.15) is 5.75 Å². The maximum Gasteiger partial charge on any atom is 0.244 e. The Morgan fingerprint density at radius 2 is 1.76 bits per heavy atom. The molecule has 3 rings (SSSR count). The molecule has 0 spiro atoms. The molecule has 2 aromatic carbocycles. The second-order valence-corrected chi connectivity index (χ2v) is 8.34. The first-order chi connectivity index (χ1) is 11.9. The quantitative estimate of drug-likeness (QED) is 0.909. The molecule has 0 radical (unpaired) electrons. The number of ether oxygens (including phenoxy) is 1. The predicted molar refractivity (Wildman–Crippen MR) is 96.0 cm³/mol. The van der Waals surface area contributed by atoms with Gasteiger partial charge in [-0.3, -0.25) is 0 Å². The summed E-state index contributed by atoms with van der Waals surface area (Å²) in [6.07, 6.45) is -0.444. The van der Waals surface area contributed by atoms with Crippen molar-refractivity contribution in [2.24, 2.45) is 0 Å². The summed E-state index contributed by atoms with van der Waals surface area (Å²) >= 11 is 0. The van der Waals surface area contributed by atoms with Crippen LogP contribution in [0, 0.1) is 0 Å². The van der Waals surface area contributed by atoms with Crippen LogP contribution in [0.25, 0.3) is 0 Å². The first-order valence-electron chi connectivity index (χ1n) is 8.29. The number of nitrogens with zero attached hydrogens (tertiary/aromatic N) is 1. The summed E-state index contributed by atoms with van der Waals surface area (Å²) in [6, 6.07) is 13.4. The second-order valence-electron chi connectivity index (χ2n) is 6.53. The fourth-order valence-corrected chi connectivity index (χ4v) is 5.53. The molecule has 0 saturated heterocycles. The molecule has 0 bridgehead atoms. The molecule has 5 nitrogen and oxygen atoms in total. The second kappa shape index (κ2) is 6.78. The van der Waals surface area contributed by atoms with E-state index in [-0.39, 0.29) is 10.9 Å². The van der Waals surface area contributed by atoms with E-state index < -0.39 is 22.2 Å². The zero-order valence-electron chi connectivity index (χ0n) is 14.6. The Bertz CT molecular complexity index is 846. The van der Waals surface area contributed by atoms with Crippen molar-refractivity contribution in [3.05, 3.63) is 59.7 Å². The molecule has 1 aliphatic rings. The zero-order chi connectivity index (χ0) is 18.2. The lowest BCUT2D eigenvalue weighted by Gasteiger charge is -2.41. The van der Waals surface area contributed by atoms with Gasteiger partial charge < -0.3 is 9.84 Å². The Hall–Kier alpha value is -1.89. The van der Waals surface area contributed by atoms with E-state index in [0.717, 1.165) is 11.3 Å². The Labute approximate surface area is 148 Å². The molecule has 25 heavy (non-hydrogen) atoms. The van der Waals surface area contributed by atoms with Crippen LogP contribution in [0.5, 0.6) is 5.75 Å². The van der Waals surface area contributed by atoms with Crippen LogP contribution >= 0.6 is 0 Å². The van der Waals surface area contributed by atoms with Gasteiger partial charge in [-0.1, -0.05) is 30.3 Å². The number of aliphatic hydroxyl groups is 1. The molecule has 1 heterocycles. The van der Waals surface area contributed by atoms with Gasteiger partial charge in [0, 0.05) is 11.6 Å². The Balaban J connectivity index is 2.04. The highest BCUT2D eigenvalue weighted by Gasteiger charge is 2.44. The summed E-state index contributed by atoms with van der Waals surface area (Å²) in [6.45, 7) is 3.67. The number of hydrogen-bond acceptors (Lipinski definition) is 4. The van der Waals surface area contributed by atoms with Crippen LogP contribution in [0.3, 0.4) is 0 Å². The molecule has 0 unspecified atom stereocenters. The number of benzene rings is 2. The highest BCUT2D eigenvalue weighted by molar-refractivity contribution is 7.89. The van der Waals surface area contributed by atoms with Gasteiger partial charge in [-0.2, -0.15) is 4.31 Å². The summed E-state index contributed by atoms with van der Waals surface area (Å²) in [5, 5.41) is 10.9. The lowest BCUT2D eigenvalue weighted by atomic mass is 9.95. The van der Waals surface area contributed by atoms with Crippen LogP contribution in [0.15, 0.2) is 53.4 Å². The third kappa shape index (κ3) is 3.17. The van der Waals surface area contributed by atoms with Crippen molar-refractivity contribution in [1.82, 2.24) is 4.31 Å². The molecule has 2 aromatic rings. The van der Waals surface area contributed by atoms with Crippen molar-refractivity contribution in [3.8, 4) is 5.75 Å². The first kappa shape index (κ1) is 17.9. The van der Waals surface area contributed by atoms with Crippen LogP contribution in [0.2, 0.25) is 0 Å². The number of rotatable bonds is 4. The van der Waals surface area contributed by atoms with E-state index in [0.29, 0.717) is 12.0 Å². The third-order valence-corrected chi connectivity index (χ3v) is 6.77. The SMILES string of the molecule is COc1ccc(C[C@@H]2[C@H](O)c3ccccc3S(=O)(=O)N2C(C)C)cc1. The average Bonchev–Trinajstić information content (AvgIpc) is 2.60. The van der Waals surface area contributed by atoms with Crippen LogP contribution in [0.4, 0.5) is 0 Å². The van der Waals surface area contributed by atoms with Gasteiger partial charge >= 0.3 is 0 Å². The maximum atomic E-state index is 13.1. The molecule has 6 heteroatoms. The van der Waals surface area contributed by atoms with Crippen molar-refractivity contribution in [2.45, 2.75) is 43.4 Å². The van der Waals surface area contributed by atoms with Crippen molar-refractivity contribution >= 4 is 10.0 Å². The summed E-state index contributed by atoms with van der Waals surface area (Å²) in [4.78, 5) is 0.196. The Kier molecular flexibility index (Phi) is 4.86. The third-order valence-electron chi connectivity index (χ3n) is 4.60. The molecule has 0 saturated carbocycles. The van der Waals surface area contributed by atoms with E-state index in [1.165, 1.54) is 4.31 Å². The largest absolute Gasteiger partial charge is 0.497 e. The van der Waals surface area contributed by atoms with E-state index in [9.17, 15) is 13.5 Å². The van der Waals surface area contributed by atoms with Crippen molar-refractivity contribution in [1.29, 1.82) is 0 Å². The van der Waals surface area contributed by atoms with Crippen LogP contribution in [0.1, 0.15) is 31.1 Å². The van der Waals surface area contributed by atoms with Crippen molar-refractivity contribution < 1.29 is 18.3 Å². The van der Waals surface area contributed by atoms with Gasteiger partial charge in [0.05, 0.1) is 24.2 Å². The smallest absolute Gasteiger partial charge is 0.244 e. The van der Waals surface area contributed by atoms with E-state index in [1.807, 2.05) is 38.1 Å². The molecule has 1 N–H and O–H groups in total. The van der Waals surface area contributed by atoms with E-state index >= 15 is 0 Å². The molecule has 0 aromatic heterocycles. The molecular formula is C19H23NO4S. The highest BCUT2D eigenvalue weighted by atomic mass is 32.2. The average molecular weight is 361 g/mol. The summed E-state index contributed by atoms with van der Waals surface area (Å²) in [7, 11) is -2.05. The van der Waals surface area contributed by atoms with E-state index in [1.54, 1.807) is 31.4 Å². The highest BCUT2D eigenvalue weighted by Crippen LogP contribution is 2.39. The van der Waals surface area contributed by atoms with Crippen LogP contribution in [-0.2, 0) is 16.4 Å². The number of sulfonamides is 1. The fraction of sp³-hybridized carbons (Fsp3) is 0.368. The Morgan fingerprint density at radius 3 is 2.36 bits per heavy atom. The standard InChI is InChI=1S/C19H23NO4S/c1-13(2)20-17(12-14-8-10-15(24-3)11-9-14)19(21)16-6-4-5-7-18(16)25(20,22)23/h4-11,13,17,19,21H,12H2,1-3H3/t17-,19-/m1/s1. The zero-order valence-corrected chi connectivity index (χ0v) is 15.4.